The van der Waals surface area contributed by atoms with Gasteiger partial charge in [-0.3, -0.25) is 4.90 Å². The number of unbranched alkanes of at least 4 members (excludes halogenated alkanes) is 3. The van der Waals surface area contributed by atoms with E-state index in [-0.39, 0.29) is 0 Å². The summed E-state index contributed by atoms with van der Waals surface area (Å²) < 4.78 is 0. The molecule has 0 bridgehead atoms. The Labute approximate surface area is 108 Å². The molecule has 0 aromatic rings. The molecule has 0 saturated carbocycles. The van der Waals surface area contributed by atoms with Crippen molar-refractivity contribution in [2.24, 2.45) is 5.73 Å². The Bertz CT molecular complexity index is 182. The molecule has 0 spiro atoms. The van der Waals surface area contributed by atoms with Crippen molar-refractivity contribution in [3.8, 4) is 0 Å². The Balaban J connectivity index is 2.35. The quantitative estimate of drug-likeness (QED) is 0.690. The monoisotopic (exact) mass is 240 g/mol. The lowest BCUT2D eigenvalue weighted by molar-refractivity contribution is 0.140. The summed E-state index contributed by atoms with van der Waals surface area (Å²) in [6.45, 7) is 6.78. The van der Waals surface area contributed by atoms with Crippen LogP contribution in [-0.4, -0.2) is 30.1 Å². The van der Waals surface area contributed by atoms with Crippen LogP contribution in [0.2, 0.25) is 0 Å². The molecule has 2 N–H and O–H groups in total. The Morgan fingerprint density at radius 2 is 2.00 bits per heavy atom. The molecule has 1 aliphatic heterocycles. The Morgan fingerprint density at radius 1 is 1.18 bits per heavy atom. The number of rotatable bonds is 7. The van der Waals surface area contributed by atoms with Gasteiger partial charge in [-0.25, -0.2) is 0 Å². The minimum Gasteiger partial charge on any atom is -0.329 e. The van der Waals surface area contributed by atoms with Crippen LogP contribution in [0.4, 0.5) is 0 Å². The summed E-state index contributed by atoms with van der Waals surface area (Å²) in [6.07, 6.45) is 12.3. The average molecular weight is 240 g/mol. The highest BCUT2D eigenvalue weighted by Gasteiger charge is 2.23. The lowest BCUT2D eigenvalue weighted by Crippen LogP contribution is -2.45. The molecule has 1 rings (SSSR count). The summed E-state index contributed by atoms with van der Waals surface area (Å²) >= 11 is 0. The first kappa shape index (κ1) is 15.0. The van der Waals surface area contributed by atoms with Crippen molar-refractivity contribution in [2.75, 3.05) is 13.1 Å². The van der Waals surface area contributed by atoms with Crippen molar-refractivity contribution < 1.29 is 0 Å². The molecular weight excluding hydrogens is 208 g/mol. The van der Waals surface area contributed by atoms with Crippen LogP contribution in [0.1, 0.15) is 71.6 Å². The third kappa shape index (κ3) is 5.39. The van der Waals surface area contributed by atoms with Gasteiger partial charge in [-0.05, 0) is 32.7 Å². The molecule has 1 saturated heterocycles. The molecule has 2 nitrogen and oxygen atoms in total. The molecule has 0 aromatic carbocycles. The molecule has 2 unspecified atom stereocenters. The maximum absolute atomic E-state index is 5.99. The van der Waals surface area contributed by atoms with Crippen LogP contribution in [0.15, 0.2) is 0 Å². The summed E-state index contributed by atoms with van der Waals surface area (Å²) in [5.41, 5.74) is 5.99. The topological polar surface area (TPSA) is 29.3 Å². The fourth-order valence-corrected chi connectivity index (χ4v) is 3.07. The first-order valence-corrected chi connectivity index (χ1v) is 7.75. The van der Waals surface area contributed by atoms with E-state index in [1.54, 1.807) is 0 Å². The molecule has 2 atom stereocenters. The minimum atomic E-state index is 0.639. The molecule has 0 radical (unpaired) electrons. The van der Waals surface area contributed by atoms with Gasteiger partial charge in [-0.15, -0.1) is 0 Å². The Hall–Kier alpha value is -0.0800. The van der Waals surface area contributed by atoms with Gasteiger partial charge in [-0.2, -0.15) is 0 Å². The molecular formula is C15H32N2. The molecule has 2 heteroatoms. The molecule has 17 heavy (non-hydrogen) atoms. The fraction of sp³-hybridized carbons (Fsp3) is 1.00. The van der Waals surface area contributed by atoms with Crippen molar-refractivity contribution in [1.82, 2.24) is 4.90 Å². The van der Waals surface area contributed by atoms with Gasteiger partial charge in [0, 0.05) is 18.6 Å². The Kier molecular flexibility index (Phi) is 7.87. The van der Waals surface area contributed by atoms with E-state index in [0.717, 1.165) is 12.6 Å². The third-order valence-corrected chi connectivity index (χ3v) is 4.24. The van der Waals surface area contributed by atoms with Crippen molar-refractivity contribution in [1.29, 1.82) is 0 Å². The third-order valence-electron chi connectivity index (χ3n) is 4.24. The Morgan fingerprint density at radius 3 is 2.71 bits per heavy atom. The lowest BCUT2D eigenvalue weighted by atomic mass is 10.0. The maximum Gasteiger partial charge on any atom is 0.0221 e. The first-order chi connectivity index (χ1) is 8.29. The molecule has 0 amide bonds. The zero-order chi connectivity index (χ0) is 12.5. The number of nitrogens with zero attached hydrogens (tertiary/aromatic N) is 1. The highest BCUT2D eigenvalue weighted by atomic mass is 15.2. The summed E-state index contributed by atoms with van der Waals surface area (Å²) in [5.74, 6) is 0. The van der Waals surface area contributed by atoms with Crippen LogP contribution in [0.5, 0.6) is 0 Å². The summed E-state index contributed by atoms with van der Waals surface area (Å²) in [6, 6.07) is 1.39. The van der Waals surface area contributed by atoms with Crippen LogP contribution in [0.3, 0.4) is 0 Å². The van der Waals surface area contributed by atoms with Crippen molar-refractivity contribution in [2.45, 2.75) is 83.7 Å². The fourth-order valence-electron chi connectivity index (χ4n) is 3.07. The van der Waals surface area contributed by atoms with Crippen LogP contribution in [0.25, 0.3) is 0 Å². The highest BCUT2D eigenvalue weighted by molar-refractivity contribution is 4.80. The highest BCUT2D eigenvalue weighted by Crippen LogP contribution is 2.21. The van der Waals surface area contributed by atoms with E-state index in [9.17, 15) is 0 Å². The second kappa shape index (κ2) is 8.93. The predicted molar refractivity (Wildman–Crippen MR) is 76.2 cm³/mol. The van der Waals surface area contributed by atoms with Gasteiger partial charge in [0.1, 0.15) is 0 Å². The van der Waals surface area contributed by atoms with Crippen molar-refractivity contribution in [3.63, 3.8) is 0 Å². The van der Waals surface area contributed by atoms with Crippen LogP contribution in [-0.2, 0) is 0 Å². The van der Waals surface area contributed by atoms with E-state index < -0.39 is 0 Å². The van der Waals surface area contributed by atoms with E-state index in [2.05, 4.69) is 18.7 Å². The maximum atomic E-state index is 5.99. The van der Waals surface area contributed by atoms with E-state index in [4.69, 9.17) is 5.73 Å². The predicted octanol–water partition coefficient (Wildman–Crippen LogP) is 3.55. The van der Waals surface area contributed by atoms with Crippen molar-refractivity contribution >= 4 is 0 Å². The van der Waals surface area contributed by atoms with Crippen molar-refractivity contribution in [3.05, 3.63) is 0 Å². The second-order valence-corrected chi connectivity index (χ2v) is 5.68. The SMILES string of the molecule is CCCCCCC(CN)N1CCCCCC1C. The van der Waals surface area contributed by atoms with Gasteiger partial charge in [0.2, 0.25) is 0 Å². The van der Waals surface area contributed by atoms with Gasteiger partial charge in [0.05, 0.1) is 0 Å². The van der Waals surface area contributed by atoms with Gasteiger partial charge in [0.25, 0.3) is 0 Å². The van der Waals surface area contributed by atoms with Crippen LogP contribution in [0, 0.1) is 0 Å². The lowest BCUT2D eigenvalue weighted by Gasteiger charge is -2.34. The molecule has 0 aromatic heterocycles. The smallest absolute Gasteiger partial charge is 0.0221 e. The summed E-state index contributed by atoms with van der Waals surface area (Å²) in [7, 11) is 0. The number of hydrogen-bond donors (Lipinski definition) is 1. The van der Waals surface area contributed by atoms with Crippen LogP contribution >= 0.6 is 0 Å². The second-order valence-electron chi connectivity index (χ2n) is 5.68. The minimum absolute atomic E-state index is 0.639. The summed E-state index contributed by atoms with van der Waals surface area (Å²) in [4.78, 5) is 2.69. The first-order valence-electron chi connectivity index (χ1n) is 7.75. The molecule has 0 aliphatic carbocycles. The zero-order valence-electron chi connectivity index (χ0n) is 12.0. The summed E-state index contributed by atoms with van der Waals surface area (Å²) in [5, 5.41) is 0. The van der Waals surface area contributed by atoms with Gasteiger partial charge in [0.15, 0.2) is 0 Å². The number of nitrogens with two attached hydrogens (primary N) is 1. The average Bonchev–Trinajstić information content (AvgIpc) is 2.55. The van der Waals surface area contributed by atoms with E-state index >= 15 is 0 Å². The number of hydrogen-bond acceptors (Lipinski definition) is 2. The zero-order valence-corrected chi connectivity index (χ0v) is 12.0. The van der Waals surface area contributed by atoms with Gasteiger partial charge < -0.3 is 5.73 Å². The van der Waals surface area contributed by atoms with Gasteiger partial charge >= 0.3 is 0 Å². The molecule has 1 heterocycles. The molecule has 1 aliphatic rings. The van der Waals surface area contributed by atoms with E-state index in [1.165, 1.54) is 64.3 Å². The van der Waals surface area contributed by atoms with Crippen LogP contribution < -0.4 is 5.73 Å². The molecule has 1 fully saturated rings. The van der Waals surface area contributed by atoms with E-state index in [1.807, 2.05) is 0 Å². The largest absolute Gasteiger partial charge is 0.329 e. The standard InChI is InChI=1S/C15H32N2/c1-3-4-5-8-11-15(13-16)17-12-9-6-7-10-14(17)2/h14-15H,3-13,16H2,1-2H3. The number of likely N-dealkylation sites (tertiary alicyclic amines) is 1. The normalized spacial score (nSPS) is 24.5. The van der Waals surface area contributed by atoms with Gasteiger partial charge in [-0.1, -0.05) is 45.4 Å². The van der Waals surface area contributed by atoms with E-state index in [0.29, 0.717) is 6.04 Å². The molecule has 102 valence electrons.